The maximum atomic E-state index is 11.9. The molecule has 0 atom stereocenters. The van der Waals surface area contributed by atoms with Crippen LogP contribution in [-0.2, 0) is 0 Å². The first-order valence-corrected chi connectivity index (χ1v) is 5.68. The van der Waals surface area contributed by atoms with Gasteiger partial charge in [0.25, 0.3) is 0 Å². The summed E-state index contributed by atoms with van der Waals surface area (Å²) in [5, 5.41) is 18.3. The maximum absolute atomic E-state index is 11.9. The predicted octanol–water partition coefficient (Wildman–Crippen LogP) is 2.26. The second kappa shape index (κ2) is 5.96. The van der Waals surface area contributed by atoms with Crippen molar-refractivity contribution >= 4 is 11.8 Å². The first-order valence-electron chi connectivity index (χ1n) is 4.70. The average molecular weight is 246 g/mol. The smallest absolute Gasteiger partial charge is 0.396 e. The van der Waals surface area contributed by atoms with Crippen LogP contribution in [0, 0.1) is 11.3 Å². The van der Waals surface area contributed by atoms with Gasteiger partial charge in [0, 0.05) is 11.2 Å². The number of hydrogen-bond acceptors (Lipinski definition) is 3. The zero-order chi connectivity index (χ0) is 12.1. The molecular formula is C9H17F3O2S. The van der Waals surface area contributed by atoms with E-state index in [4.69, 9.17) is 10.2 Å². The van der Waals surface area contributed by atoms with Crippen molar-refractivity contribution in [2.45, 2.75) is 25.8 Å². The Labute approximate surface area is 91.9 Å². The summed E-state index contributed by atoms with van der Waals surface area (Å²) in [5.74, 6) is -0.190. The summed E-state index contributed by atoms with van der Waals surface area (Å²) in [6.07, 6.45) is 0.155. The molecule has 2 N–H and O–H groups in total. The number of alkyl halides is 3. The summed E-state index contributed by atoms with van der Waals surface area (Å²) in [7, 11) is 0. The van der Waals surface area contributed by atoms with E-state index in [1.807, 2.05) is 0 Å². The van der Waals surface area contributed by atoms with Crippen LogP contribution in [0.15, 0.2) is 0 Å². The van der Waals surface area contributed by atoms with Gasteiger partial charge >= 0.3 is 5.51 Å². The first kappa shape index (κ1) is 15.1. The highest BCUT2D eigenvalue weighted by Crippen LogP contribution is 2.36. The van der Waals surface area contributed by atoms with Crippen LogP contribution in [0.4, 0.5) is 13.2 Å². The van der Waals surface area contributed by atoms with Crippen LogP contribution in [0.25, 0.3) is 0 Å². The molecule has 0 aromatic rings. The van der Waals surface area contributed by atoms with E-state index in [1.165, 1.54) is 0 Å². The van der Waals surface area contributed by atoms with E-state index in [0.29, 0.717) is 0 Å². The topological polar surface area (TPSA) is 40.5 Å². The minimum atomic E-state index is -4.24. The van der Waals surface area contributed by atoms with Gasteiger partial charge in [-0.2, -0.15) is 13.2 Å². The minimum Gasteiger partial charge on any atom is -0.396 e. The molecule has 92 valence electrons. The molecule has 0 spiro atoms. The third-order valence-electron chi connectivity index (χ3n) is 2.72. The van der Waals surface area contributed by atoms with Crippen molar-refractivity contribution in [1.82, 2.24) is 0 Å². The molecule has 2 nitrogen and oxygen atoms in total. The molecule has 0 saturated heterocycles. The van der Waals surface area contributed by atoms with Crippen molar-refractivity contribution in [2.75, 3.05) is 19.0 Å². The molecule has 0 amide bonds. The van der Waals surface area contributed by atoms with Crippen molar-refractivity contribution in [3.63, 3.8) is 0 Å². The lowest BCUT2D eigenvalue weighted by molar-refractivity contribution is -0.0336. The number of aliphatic hydroxyl groups excluding tert-OH is 2. The fraction of sp³-hybridized carbons (Fsp3) is 1.00. The van der Waals surface area contributed by atoms with Crippen LogP contribution in [0.1, 0.15) is 20.3 Å². The molecule has 0 bridgehead atoms. The molecule has 0 unspecified atom stereocenters. The Morgan fingerprint density at radius 3 is 1.87 bits per heavy atom. The number of rotatable bonds is 6. The maximum Gasteiger partial charge on any atom is 0.441 e. The molecule has 0 heterocycles. The second-order valence-electron chi connectivity index (χ2n) is 3.88. The van der Waals surface area contributed by atoms with E-state index in [9.17, 15) is 13.2 Å². The lowest BCUT2D eigenvalue weighted by atomic mass is 9.76. The Bertz CT molecular complexity index is 179. The molecule has 0 radical (unpaired) electrons. The van der Waals surface area contributed by atoms with Gasteiger partial charge in [-0.1, -0.05) is 25.6 Å². The second-order valence-corrected chi connectivity index (χ2v) is 5.04. The van der Waals surface area contributed by atoms with E-state index in [-0.39, 0.29) is 43.1 Å². The van der Waals surface area contributed by atoms with Gasteiger partial charge in [0.05, 0.1) is 13.2 Å². The fourth-order valence-electron chi connectivity index (χ4n) is 1.23. The summed E-state index contributed by atoms with van der Waals surface area (Å²) >= 11 is -0.114. The van der Waals surface area contributed by atoms with E-state index in [2.05, 4.69) is 0 Å². The van der Waals surface area contributed by atoms with Crippen molar-refractivity contribution in [2.24, 2.45) is 11.3 Å². The molecule has 0 saturated carbocycles. The number of halogens is 3. The minimum absolute atomic E-state index is 0.0543. The lowest BCUT2D eigenvalue weighted by Crippen LogP contribution is -2.36. The highest BCUT2D eigenvalue weighted by molar-refractivity contribution is 8.00. The van der Waals surface area contributed by atoms with Gasteiger partial charge in [-0.15, -0.1) is 0 Å². The standard InChI is InChI=1S/C9H17F3O2S/c1-7(2)8(5-13,6-14)3-4-15-9(10,11)12/h7,13-14H,3-6H2,1-2H3. The summed E-state index contributed by atoms with van der Waals surface area (Å²) in [6.45, 7) is 2.98. The van der Waals surface area contributed by atoms with Crippen LogP contribution in [0.3, 0.4) is 0 Å². The molecular weight excluding hydrogens is 229 g/mol. The Morgan fingerprint density at radius 2 is 1.60 bits per heavy atom. The number of aliphatic hydroxyl groups is 2. The van der Waals surface area contributed by atoms with E-state index >= 15 is 0 Å². The zero-order valence-corrected chi connectivity index (χ0v) is 9.66. The summed E-state index contributed by atoms with van der Waals surface area (Å²) in [5.41, 5.74) is -5.05. The highest BCUT2D eigenvalue weighted by Gasteiger charge is 2.35. The SMILES string of the molecule is CC(C)C(CO)(CO)CCSC(F)(F)F. The van der Waals surface area contributed by atoms with Crippen LogP contribution < -0.4 is 0 Å². The molecule has 0 aliphatic rings. The van der Waals surface area contributed by atoms with Crippen molar-refractivity contribution in [3.8, 4) is 0 Å². The van der Waals surface area contributed by atoms with Gasteiger partial charge in [-0.3, -0.25) is 0 Å². The van der Waals surface area contributed by atoms with Gasteiger partial charge in [0.1, 0.15) is 0 Å². The summed E-state index contributed by atoms with van der Waals surface area (Å²) in [4.78, 5) is 0. The Morgan fingerprint density at radius 1 is 1.13 bits per heavy atom. The molecule has 0 fully saturated rings. The van der Waals surface area contributed by atoms with Crippen LogP contribution in [-0.4, -0.2) is 34.7 Å². The molecule has 0 aromatic carbocycles. The van der Waals surface area contributed by atoms with Crippen molar-refractivity contribution < 1.29 is 23.4 Å². The normalized spacial score (nSPS) is 13.6. The van der Waals surface area contributed by atoms with Gasteiger partial charge < -0.3 is 10.2 Å². The van der Waals surface area contributed by atoms with Gasteiger partial charge in [0.15, 0.2) is 0 Å². The monoisotopic (exact) mass is 246 g/mol. The largest absolute Gasteiger partial charge is 0.441 e. The van der Waals surface area contributed by atoms with Crippen LogP contribution in [0.2, 0.25) is 0 Å². The average Bonchev–Trinajstić information content (AvgIpc) is 2.10. The zero-order valence-electron chi connectivity index (χ0n) is 8.84. The van der Waals surface area contributed by atoms with E-state index < -0.39 is 10.9 Å². The molecule has 0 aromatic heterocycles. The quantitative estimate of drug-likeness (QED) is 0.755. The van der Waals surface area contributed by atoms with Gasteiger partial charge in [-0.25, -0.2) is 0 Å². The van der Waals surface area contributed by atoms with Crippen LogP contribution in [0.5, 0.6) is 0 Å². The van der Waals surface area contributed by atoms with E-state index in [1.54, 1.807) is 13.8 Å². The van der Waals surface area contributed by atoms with Crippen molar-refractivity contribution in [1.29, 1.82) is 0 Å². The lowest BCUT2D eigenvalue weighted by Gasteiger charge is -2.33. The molecule has 0 aliphatic heterocycles. The Kier molecular flexibility index (Phi) is 5.98. The van der Waals surface area contributed by atoms with Crippen LogP contribution >= 0.6 is 11.8 Å². The fourth-order valence-corrected chi connectivity index (χ4v) is 1.97. The van der Waals surface area contributed by atoms with Gasteiger partial charge in [-0.05, 0) is 12.3 Å². The Hall–Kier alpha value is 0.0600. The molecule has 15 heavy (non-hydrogen) atoms. The van der Waals surface area contributed by atoms with Gasteiger partial charge in [0.2, 0.25) is 0 Å². The molecule has 0 rings (SSSR count). The summed E-state index contributed by atoms with van der Waals surface area (Å²) in [6, 6.07) is 0. The third kappa shape index (κ3) is 5.08. The first-order chi connectivity index (χ1) is 6.77. The summed E-state index contributed by atoms with van der Waals surface area (Å²) < 4.78 is 35.6. The molecule has 0 aliphatic carbocycles. The highest BCUT2D eigenvalue weighted by atomic mass is 32.2. The number of thioether (sulfide) groups is 1. The van der Waals surface area contributed by atoms with E-state index in [0.717, 1.165) is 0 Å². The predicted molar refractivity (Wildman–Crippen MR) is 54.6 cm³/mol. The Balaban J connectivity index is 4.19. The molecule has 6 heteroatoms. The third-order valence-corrected chi connectivity index (χ3v) is 3.46. The number of hydrogen-bond donors (Lipinski definition) is 2. The van der Waals surface area contributed by atoms with Crippen molar-refractivity contribution in [3.05, 3.63) is 0 Å².